The number of fused-ring (bicyclic) bond motifs is 1. The van der Waals surface area contributed by atoms with Crippen LogP contribution in [0.3, 0.4) is 0 Å². The summed E-state index contributed by atoms with van der Waals surface area (Å²) in [6.07, 6.45) is 2.65. The number of urea groups is 1. The first kappa shape index (κ1) is 22.3. The molecule has 2 heterocycles. The smallest absolute Gasteiger partial charge is 0.325 e. The minimum absolute atomic E-state index is 0.0989. The van der Waals surface area contributed by atoms with E-state index in [2.05, 4.69) is 15.6 Å². The van der Waals surface area contributed by atoms with Gasteiger partial charge in [-0.1, -0.05) is 18.2 Å². The maximum Gasteiger partial charge on any atom is 0.325 e. The van der Waals surface area contributed by atoms with Crippen LogP contribution in [0.2, 0.25) is 0 Å². The second-order valence-corrected chi connectivity index (χ2v) is 7.88. The normalized spacial score (nSPS) is 15.7. The Kier molecular flexibility index (Phi) is 6.58. The van der Waals surface area contributed by atoms with Crippen LogP contribution in [0.15, 0.2) is 48.7 Å². The molecule has 1 aliphatic rings. The molecule has 1 atom stereocenters. The molecular formula is C24H25FN4O4. The maximum absolute atomic E-state index is 13.5. The number of ether oxygens (including phenoxy) is 1. The van der Waals surface area contributed by atoms with Crippen LogP contribution in [0.1, 0.15) is 24.0 Å². The second kappa shape index (κ2) is 9.72. The Hall–Kier alpha value is -3.88. The van der Waals surface area contributed by atoms with E-state index in [1.165, 1.54) is 19.2 Å². The topological polar surface area (TPSA) is 104 Å². The van der Waals surface area contributed by atoms with Crippen molar-refractivity contribution in [2.45, 2.75) is 31.8 Å². The molecule has 4 amide bonds. The van der Waals surface area contributed by atoms with Gasteiger partial charge in [0.2, 0.25) is 5.91 Å². The number of aromatic nitrogens is 1. The molecule has 0 radical (unpaired) electrons. The van der Waals surface area contributed by atoms with Gasteiger partial charge < -0.3 is 20.4 Å². The van der Waals surface area contributed by atoms with Crippen molar-refractivity contribution >= 4 is 28.7 Å². The number of carbonyl (C=O) groups is 3. The molecule has 3 N–H and O–H groups in total. The van der Waals surface area contributed by atoms with Gasteiger partial charge in [-0.05, 0) is 42.7 Å². The summed E-state index contributed by atoms with van der Waals surface area (Å²) in [7, 11) is 1.53. The number of rotatable bonds is 9. The van der Waals surface area contributed by atoms with Crippen LogP contribution in [-0.2, 0) is 22.6 Å². The van der Waals surface area contributed by atoms with Gasteiger partial charge in [-0.2, -0.15) is 0 Å². The van der Waals surface area contributed by atoms with Gasteiger partial charge in [0.05, 0.1) is 13.7 Å². The summed E-state index contributed by atoms with van der Waals surface area (Å²) in [6, 6.07) is 10.5. The molecule has 1 saturated heterocycles. The zero-order chi connectivity index (χ0) is 23.4. The van der Waals surface area contributed by atoms with Crippen LogP contribution in [0.5, 0.6) is 5.75 Å². The number of halogens is 1. The van der Waals surface area contributed by atoms with Crippen LogP contribution in [0, 0.1) is 5.82 Å². The lowest BCUT2D eigenvalue weighted by Gasteiger charge is -2.15. The van der Waals surface area contributed by atoms with Crippen LogP contribution in [-0.4, -0.2) is 47.4 Å². The fourth-order valence-corrected chi connectivity index (χ4v) is 3.98. The highest BCUT2D eigenvalue weighted by molar-refractivity contribution is 6.04. The molecule has 1 aromatic heterocycles. The number of nitrogens with one attached hydrogen (secondary N) is 3. The Morgan fingerprint density at radius 3 is 2.82 bits per heavy atom. The number of methoxy groups -OCH3 is 1. The van der Waals surface area contributed by atoms with Gasteiger partial charge in [0, 0.05) is 35.6 Å². The molecule has 1 fully saturated rings. The van der Waals surface area contributed by atoms with Gasteiger partial charge in [0.25, 0.3) is 5.91 Å². The Morgan fingerprint density at radius 2 is 2.00 bits per heavy atom. The summed E-state index contributed by atoms with van der Waals surface area (Å²) in [4.78, 5) is 41.5. The SMILES string of the molecule is COc1ccccc1CN1C(=O)NC(CCC(=O)NCCc2c[nH]c3ccc(F)cc23)C1=O. The van der Waals surface area contributed by atoms with E-state index in [0.717, 1.165) is 26.9 Å². The number of para-hydroxylation sites is 1. The number of hydrogen-bond acceptors (Lipinski definition) is 4. The third kappa shape index (κ3) is 4.97. The lowest BCUT2D eigenvalue weighted by Crippen LogP contribution is -2.33. The first-order valence-electron chi connectivity index (χ1n) is 10.7. The summed E-state index contributed by atoms with van der Waals surface area (Å²) in [5.74, 6) is -0.292. The molecule has 0 bridgehead atoms. The molecule has 3 aromatic rings. The first-order valence-corrected chi connectivity index (χ1v) is 10.7. The number of aromatic amines is 1. The fourth-order valence-electron chi connectivity index (χ4n) is 3.98. The highest BCUT2D eigenvalue weighted by Gasteiger charge is 2.38. The molecule has 1 unspecified atom stereocenters. The van der Waals surface area contributed by atoms with Crippen molar-refractivity contribution in [2.75, 3.05) is 13.7 Å². The summed E-state index contributed by atoms with van der Waals surface area (Å²) in [6.45, 7) is 0.482. The zero-order valence-electron chi connectivity index (χ0n) is 18.2. The first-order chi connectivity index (χ1) is 16.0. The van der Waals surface area contributed by atoms with Crippen molar-refractivity contribution in [3.8, 4) is 5.75 Å². The van der Waals surface area contributed by atoms with Crippen molar-refractivity contribution in [3.05, 3.63) is 65.6 Å². The average Bonchev–Trinajstić information content (AvgIpc) is 3.33. The molecule has 0 aliphatic carbocycles. The Labute approximate surface area is 190 Å². The number of hydrogen-bond donors (Lipinski definition) is 3. The molecule has 4 rings (SSSR count). The fraction of sp³-hybridized carbons (Fsp3) is 0.292. The van der Waals surface area contributed by atoms with E-state index in [4.69, 9.17) is 4.74 Å². The highest BCUT2D eigenvalue weighted by Crippen LogP contribution is 2.22. The predicted octanol–water partition coefficient (Wildman–Crippen LogP) is 2.88. The van der Waals surface area contributed by atoms with E-state index >= 15 is 0 Å². The largest absolute Gasteiger partial charge is 0.496 e. The van der Waals surface area contributed by atoms with Gasteiger partial charge in [-0.15, -0.1) is 0 Å². The Morgan fingerprint density at radius 1 is 1.18 bits per heavy atom. The van der Waals surface area contributed by atoms with E-state index in [1.54, 1.807) is 24.4 Å². The molecule has 172 valence electrons. The van der Waals surface area contributed by atoms with E-state index in [0.29, 0.717) is 18.7 Å². The molecule has 0 spiro atoms. The minimum atomic E-state index is -0.741. The van der Waals surface area contributed by atoms with E-state index in [1.807, 2.05) is 12.1 Å². The summed E-state index contributed by atoms with van der Waals surface area (Å²) < 4.78 is 18.8. The molecule has 2 aromatic carbocycles. The molecular weight excluding hydrogens is 427 g/mol. The average molecular weight is 452 g/mol. The van der Waals surface area contributed by atoms with Gasteiger partial charge in [0.15, 0.2) is 0 Å². The van der Waals surface area contributed by atoms with Crippen LogP contribution in [0.25, 0.3) is 10.9 Å². The molecule has 8 nitrogen and oxygen atoms in total. The van der Waals surface area contributed by atoms with Crippen LogP contribution in [0.4, 0.5) is 9.18 Å². The summed E-state index contributed by atoms with van der Waals surface area (Å²) in [5.41, 5.74) is 2.47. The van der Waals surface area contributed by atoms with Gasteiger partial charge in [-0.3, -0.25) is 14.5 Å². The minimum Gasteiger partial charge on any atom is -0.496 e. The number of carbonyl (C=O) groups excluding carboxylic acids is 3. The number of amides is 4. The van der Waals surface area contributed by atoms with Crippen molar-refractivity contribution in [2.24, 2.45) is 0 Å². The quantitative estimate of drug-likeness (QED) is 0.435. The van der Waals surface area contributed by atoms with Crippen molar-refractivity contribution in [1.29, 1.82) is 0 Å². The van der Waals surface area contributed by atoms with Crippen molar-refractivity contribution in [1.82, 2.24) is 20.5 Å². The summed E-state index contributed by atoms with van der Waals surface area (Å²) >= 11 is 0. The van der Waals surface area contributed by atoms with E-state index < -0.39 is 12.1 Å². The van der Waals surface area contributed by atoms with Gasteiger partial charge >= 0.3 is 6.03 Å². The van der Waals surface area contributed by atoms with E-state index in [-0.39, 0.29) is 37.0 Å². The van der Waals surface area contributed by atoms with Gasteiger partial charge in [0.1, 0.15) is 17.6 Å². The van der Waals surface area contributed by atoms with E-state index in [9.17, 15) is 18.8 Å². The van der Waals surface area contributed by atoms with Crippen molar-refractivity contribution in [3.63, 3.8) is 0 Å². The highest BCUT2D eigenvalue weighted by atomic mass is 19.1. The van der Waals surface area contributed by atoms with Crippen LogP contribution >= 0.6 is 0 Å². The summed E-state index contributed by atoms with van der Waals surface area (Å²) in [5, 5.41) is 6.25. The lowest BCUT2D eigenvalue weighted by atomic mass is 10.1. The number of benzene rings is 2. The lowest BCUT2D eigenvalue weighted by molar-refractivity contribution is -0.128. The van der Waals surface area contributed by atoms with Crippen LogP contribution < -0.4 is 15.4 Å². The van der Waals surface area contributed by atoms with Crippen molar-refractivity contribution < 1.29 is 23.5 Å². The monoisotopic (exact) mass is 452 g/mol. The number of nitrogens with zero attached hydrogens (tertiary/aromatic N) is 1. The predicted molar refractivity (Wildman–Crippen MR) is 120 cm³/mol. The molecule has 0 saturated carbocycles. The third-order valence-corrected chi connectivity index (χ3v) is 5.73. The molecule has 33 heavy (non-hydrogen) atoms. The number of H-pyrrole nitrogens is 1. The second-order valence-electron chi connectivity index (χ2n) is 7.88. The Balaban J connectivity index is 1.25. The maximum atomic E-state index is 13.5. The Bertz CT molecular complexity index is 1190. The third-order valence-electron chi connectivity index (χ3n) is 5.73. The molecule has 1 aliphatic heterocycles. The molecule has 9 heteroatoms. The van der Waals surface area contributed by atoms with Gasteiger partial charge in [-0.25, -0.2) is 9.18 Å². The number of imide groups is 1. The zero-order valence-corrected chi connectivity index (χ0v) is 18.2. The standard InChI is InChI=1S/C24H25FN4O4/c1-33-21-5-3-2-4-16(21)14-29-23(31)20(28-24(29)32)8-9-22(30)26-11-10-15-13-27-19-7-6-17(25)12-18(15)19/h2-7,12-13,20,27H,8-11,14H2,1H3,(H,26,30)(H,28,32).